The molecule has 0 aliphatic carbocycles. The highest BCUT2D eigenvalue weighted by molar-refractivity contribution is 5.96. The lowest BCUT2D eigenvalue weighted by Gasteiger charge is -2.21. The minimum absolute atomic E-state index is 0.199. The zero-order valence-corrected chi connectivity index (χ0v) is 23.4. The van der Waals surface area contributed by atoms with Crippen molar-refractivity contribution in [3.05, 3.63) is 89.3 Å². The van der Waals surface area contributed by atoms with Gasteiger partial charge in [0.1, 0.15) is 11.7 Å². The van der Waals surface area contributed by atoms with Gasteiger partial charge in [0.15, 0.2) is 5.82 Å². The number of aromatic carboxylic acids is 1. The summed E-state index contributed by atoms with van der Waals surface area (Å²) in [5.74, 6) is -0.559. The number of nitrogens with one attached hydrogen (secondary N) is 1. The number of hydrogen-bond donors (Lipinski definition) is 2. The van der Waals surface area contributed by atoms with E-state index in [1.54, 1.807) is 42.9 Å². The lowest BCUT2D eigenvalue weighted by molar-refractivity contribution is 0.0698. The number of carboxylic acids is 1. The molecule has 1 aliphatic rings. The zero-order chi connectivity index (χ0) is 29.4. The third-order valence-corrected chi connectivity index (χ3v) is 7.74. The van der Waals surface area contributed by atoms with Crippen molar-refractivity contribution >= 4 is 22.6 Å². The van der Waals surface area contributed by atoms with Crippen LogP contribution in [-0.4, -0.2) is 44.4 Å². The Balaban J connectivity index is 1.50. The number of nitrogens with zero attached hydrogens (tertiary/aromatic N) is 5. The molecule has 6 rings (SSSR count). The van der Waals surface area contributed by atoms with Crippen molar-refractivity contribution in [3.63, 3.8) is 0 Å². The van der Waals surface area contributed by atoms with Crippen LogP contribution in [0.5, 0.6) is 0 Å². The van der Waals surface area contributed by atoms with Gasteiger partial charge in [-0.05, 0) is 62.6 Å². The molecule has 2 N–H and O–H groups in total. The molecular formula is C32H28N6O4. The minimum Gasteiger partial charge on any atom is -0.478 e. The molecule has 1 aliphatic heterocycles. The first kappa shape index (κ1) is 27.1. The predicted molar refractivity (Wildman–Crippen MR) is 156 cm³/mol. The summed E-state index contributed by atoms with van der Waals surface area (Å²) in [7, 11) is 0. The summed E-state index contributed by atoms with van der Waals surface area (Å²) < 4.78 is 10.8. The van der Waals surface area contributed by atoms with E-state index >= 15 is 0 Å². The van der Waals surface area contributed by atoms with Crippen LogP contribution in [0.3, 0.4) is 0 Å². The number of aryl methyl sites for hydroxylation is 2. The molecule has 1 fully saturated rings. The minimum atomic E-state index is -0.997. The monoisotopic (exact) mass is 560 g/mol. The first-order chi connectivity index (χ1) is 20.3. The summed E-state index contributed by atoms with van der Waals surface area (Å²) in [6.45, 7) is 6.62. The number of ether oxygens (including phenoxy) is 1. The third kappa shape index (κ3) is 4.74. The summed E-state index contributed by atoms with van der Waals surface area (Å²) in [5, 5.41) is 27.9. The van der Waals surface area contributed by atoms with Gasteiger partial charge < -0.3 is 19.7 Å². The topological polar surface area (TPSA) is 147 Å². The van der Waals surface area contributed by atoms with Crippen LogP contribution in [-0.2, 0) is 10.2 Å². The summed E-state index contributed by atoms with van der Waals surface area (Å²) in [6.07, 6.45) is 5.55. The highest BCUT2D eigenvalue weighted by Gasteiger charge is 2.40. The Labute approximate surface area is 242 Å². The highest BCUT2D eigenvalue weighted by atomic mass is 16.5. The normalized spacial score (nSPS) is 17.2. The zero-order valence-electron chi connectivity index (χ0n) is 23.4. The maximum Gasteiger partial charge on any atom is 0.337 e. The van der Waals surface area contributed by atoms with Gasteiger partial charge in [-0.25, -0.2) is 19.7 Å². The molecule has 10 nitrogen and oxygen atoms in total. The van der Waals surface area contributed by atoms with Gasteiger partial charge in [0.2, 0.25) is 0 Å². The number of para-hydroxylation sites is 1. The highest BCUT2D eigenvalue weighted by Crippen LogP contribution is 2.38. The molecule has 5 aromatic rings. The van der Waals surface area contributed by atoms with Crippen LogP contribution in [0.4, 0.5) is 5.69 Å². The summed E-state index contributed by atoms with van der Waals surface area (Å²) in [5.41, 5.74) is 6.23. The Morgan fingerprint density at radius 2 is 1.93 bits per heavy atom. The van der Waals surface area contributed by atoms with E-state index < -0.39 is 11.4 Å². The molecule has 42 heavy (non-hydrogen) atoms. The van der Waals surface area contributed by atoms with Crippen molar-refractivity contribution in [1.29, 1.82) is 5.26 Å². The van der Waals surface area contributed by atoms with Crippen LogP contribution in [0.1, 0.15) is 52.4 Å². The molecule has 1 saturated heterocycles. The second-order valence-corrected chi connectivity index (χ2v) is 10.6. The maximum atomic E-state index is 11.8. The Bertz CT molecular complexity index is 1850. The van der Waals surface area contributed by atoms with E-state index in [9.17, 15) is 15.2 Å². The van der Waals surface area contributed by atoms with Crippen LogP contribution in [0.2, 0.25) is 0 Å². The lowest BCUT2D eigenvalue weighted by Crippen LogP contribution is -2.27. The fraction of sp³-hybridized carbons (Fsp3) is 0.250. The molecule has 0 saturated carbocycles. The fourth-order valence-corrected chi connectivity index (χ4v) is 5.45. The van der Waals surface area contributed by atoms with Gasteiger partial charge in [0.25, 0.3) is 0 Å². The van der Waals surface area contributed by atoms with E-state index in [0.717, 1.165) is 38.7 Å². The molecule has 210 valence electrons. The van der Waals surface area contributed by atoms with Crippen molar-refractivity contribution in [2.24, 2.45) is 0 Å². The molecule has 10 heteroatoms. The number of carboxylic acid groups (broad SMARTS) is 1. The Kier molecular flexibility index (Phi) is 6.88. The van der Waals surface area contributed by atoms with Crippen molar-refractivity contribution in [2.75, 3.05) is 18.5 Å². The van der Waals surface area contributed by atoms with Crippen LogP contribution >= 0.6 is 0 Å². The molecular weight excluding hydrogens is 532 g/mol. The first-order valence-corrected chi connectivity index (χ1v) is 13.6. The van der Waals surface area contributed by atoms with Crippen LogP contribution in [0.15, 0.2) is 65.6 Å². The van der Waals surface area contributed by atoms with Crippen LogP contribution in [0.25, 0.3) is 33.3 Å². The summed E-state index contributed by atoms with van der Waals surface area (Å²) >= 11 is 0. The van der Waals surface area contributed by atoms with Crippen LogP contribution in [0, 0.1) is 25.2 Å². The average molecular weight is 561 g/mol. The van der Waals surface area contributed by atoms with E-state index in [1.165, 1.54) is 0 Å². The SMILES string of the molecule is Cc1cc([C@@H](C)Nc2ccccc2C(=O)O)c2cc(-c3cnc([C@]4(C#N)CCOC4)nc3)c(-c3conc3C)nc2c1. The van der Waals surface area contributed by atoms with Crippen molar-refractivity contribution < 1.29 is 19.2 Å². The van der Waals surface area contributed by atoms with Gasteiger partial charge in [-0.15, -0.1) is 0 Å². The molecule has 2 atom stereocenters. The number of benzene rings is 2. The summed E-state index contributed by atoms with van der Waals surface area (Å²) in [6, 6.07) is 15.1. The Morgan fingerprint density at radius 3 is 2.60 bits per heavy atom. The van der Waals surface area contributed by atoms with Crippen molar-refractivity contribution in [3.8, 4) is 28.5 Å². The Morgan fingerprint density at radius 1 is 1.14 bits per heavy atom. The number of carbonyl (C=O) groups is 1. The number of hydrogen-bond acceptors (Lipinski definition) is 9. The van der Waals surface area contributed by atoms with Crippen molar-refractivity contribution in [1.82, 2.24) is 20.1 Å². The number of rotatable bonds is 7. The molecule has 0 unspecified atom stereocenters. The number of aromatic nitrogens is 4. The summed E-state index contributed by atoms with van der Waals surface area (Å²) in [4.78, 5) is 26.1. The van der Waals surface area contributed by atoms with Gasteiger partial charge in [-0.2, -0.15) is 5.26 Å². The number of fused-ring (bicyclic) bond motifs is 1. The first-order valence-electron chi connectivity index (χ1n) is 13.6. The molecule has 3 aromatic heterocycles. The third-order valence-electron chi connectivity index (χ3n) is 7.74. The average Bonchev–Trinajstić information content (AvgIpc) is 3.66. The fourth-order valence-electron chi connectivity index (χ4n) is 5.45. The van der Waals surface area contributed by atoms with Crippen molar-refractivity contribution in [2.45, 2.75) is 38.6 Å². The molecule has 2 aromatic carbocycles. The molecule has 0 bridgehead atoms. The van der Waals surface area contributed by atoms with E-state index in [4.69, 9.17) is 14.2 Å². The number of anilines is 1. The molecule has 0 radical (unpaired) electrons. The standard InChI is InChI=1S/C32H28N6O4/c1-18-10-23(19(2)36-27-7-5-4-6-22(27)30(39)40)25-12-24(29(37-28(25)11-18)26-15-42-38-20(26)3)21-13-34-31(35-14-21)32(16-33)8-9-41-17-32/h4-7,10-15,19,36H,8-9,17H2,1-3H3,(H,39,40)/t19-,32+/m1/s1. The lowest BCUT2D eigenvalue weighted by atomic mass is 9.88. The quantitative estimate of drug-likeness (QED) is 0.242. The van der Waals surface area contributed by atoms with Gasteiger partial charge in [-0.1, -0.05) is 23.4 Å². The maximum absolute atomic E-state index is 11.8. The van der Waals surface area contributed by atoms with Gasteiger partial charge in [0, 0.05) is 47.2 Å². The van der Waals surface area contributed by atoms with E-state index in [-0.39, 0.29) is 18.2 Å². The van der Waals surface area contributed by atoms with Gasteiger partial charge in [0.05, 0.1) is 40.7 Å². The predicted octanol–water partition coefficient (Wildman–Crippen LogP) is 6.02. The van der Waals surface area contributed by atoms with Gasteiger partial charge in [-0.3, -0.25) is 0 Å². The molecule has 4 heterocycles. The number of pyridine rings is 1. The molecule has 0 amide bonds. The Hall–Kier alpha value is -5.14. The largest absolute Gasteiger partial charge is 0.478 e. The van der Waals surface area contributed by atoms with E-state index in [2.05, 4.69) is 38.6 Å². The molecule has 0 spiro atoms. The van der Waals surface area contributed by atoms with Gasteiger partial charge >= 0.3 is 5.97 Å². The second kappa shape index (κ2) is 10.7. The smallest absolute Gasteiger partial charge is 0.337 e. The number of nitriles is 1. The van der Waals surface area contributed by atoms with E-state index in [0.29, 0.717) is 35.9 Å². The van der Waals surface area contributed by atoms with E-state index in [1.807, 2.05) is 26.8 Å². The second-order valence-electron chi connectivity index (χ2n) is 10.6. The van der Waals surface area contributed by atoms with Crippen LogP contribution < -0.4 is 5.32 Å².